The van der Waals surface area contributed by atoms with Crippen molar-refractivity contribution in [2.24, 2.45) is 0 Å². The van der Waals surface area contributed by atoms with Crippen molar-refractivity contribution in [3.05, 3.63) is 24.0 Å². The zero-order valence-electron chi connectivity index (χ0n) is 11.3. The number of nitrogens with two attached hydrogens (primary N) is 1. The quantitative estimate of drug-likeness (QED) is 0.587. The van der Waals surface area contributed by atoms with Crippen molar-refractivity contribution in [1.29, 1.82) is 0 Å². The molecule has 0 amide bonds. The van der Waals surface area contributed by atoms with Crippen LogP contribution in [-0.4, -0.2) is 34.5 Å². The van der Waals surface area contributed by atoms with Crippen LogP contribution in [0.25, 0.3) is 11.0 Å². The standard InChI is InChI=1S/C14H21N3O2/c1-2-3-14-16-12-10-11(15)4-5-13(12)17(14)6-8-19-9-7-18/h4-5,10,18H,2-3,6-9,15H2,1H3. The summed E-state index contributed by atoms with van der Waals surface area (Å²) in [5.41, 5.74) is 8.55. The second kappa shape index (κ2) is 6.54. The Morgan fingerprint density at radius 3 is 2.95 bits per heavy atom. The summed E-state index contributed by atoms with van der Waals surface area (Å²) in [6.45, 7) is 3.90. The van der Waals surface area contributed by atoms with E-state index in [2.05, 4.69) is 16.5 Å². The van der Waals surface area contributed by atoms with Gasteiger partial charge in [-0.05, 0) is 24.6 Å². The molecule has 104 valence electrons. The molecule has 0 radical (unpaired) electrons. The van der Waals surface area contributed by atoms with Gasteiger partial charge in [-0.1, -0.05) is 6.92 Å². The Labute approximate surface area is 113 Å². The minimum atomic E-state index is 0.0586. The second-order valence-corrected chi connectivity index (χ2v) is 4.51. The Kier molecular flexibility index (Phi) is 4.76. The van der Waals surface area contributed by atoms with Crippen molar-refractivity contribution in [2.45, 2.75) is 26.3 Å². The van der Waals surface area contributed by atoms with Crippen molar-refractivity contribution in [3.8, 4) is 0 Å². The Morgan fingerprint density at radius 1 is 1.37 bits per heavy atom. The molecule has 5 heteroatoms. The third-order valence-corrected chi connectivity index (χ3v) is 3.02. The summed E-state index contributed by atoms with van der Waals surface area (Å²) in [6, 6.07) is 5.80. The molecule has 19 heavy (non-hydrogen) atoms. The van der Waals surface area contributed by atoms with E-state index in [1.165, 1.54) is 0 Å². The second-order valence-electron chi connectivity index (χ2n) is 4.51. The first-order valence-electron chi connectivity index (χ1n) is 6.69. The maximum absolute atomic E-state index is 8.71. The number of fused-ring (bicyclic) bond motifs is 1. The van der Waals surface area contributed by atoms with E-state index in [1.807, 2.05) is 18.2 Å². The molecule has 2 aromatic rings. The first kappa shape index (κ1) is 13.8. The molecule has 0 saturated carbocycles. The molecule has 5 nitrogen and oxygen atoms in total. The Morgan fingerprint density at radius 2 is 2.21 bits per heavy atom. The minimum Gasteiger partial charge on any atom is -0.399 e. The highest BCUT2D eigenvalue weighted by atomic mass is 16.5. The van der Waals surface area contributed by atoms with Gasteiger partial charge in [0.25, 0.3) is 0 Å². The summed E-state index contributed by atoms with van der Waals surface area (Å²) in [5.74, 6) is 1.07. The minimum absolute atomic E-state index is 0.0586. The van der Waals surface area contributed by atoms with Gasteiger partial charge in [0, 0.05) is 18.7 Å². The molecular weight excluding hydrogens is 242 g/mol. The fourth-order valence-electron chi connectivity index (χ4n) is 2.18. The molecular formula is C14H21N3O2. The van der Waals surface area contributed by atoms with Crippen LogP contribution in [0.1, 0.15) is 19.2 Å². The molecule has 3 N–H and O–H groups in total. The van der Waals surface area contributed by atoms with Gasteiger partial charge >= 0.3 is 0 Å². The number of benzene rings is 1. The fourth-order valence-corrected chi connectivity index (χ4v) is 2.18. The molecule has 0 aliphatic carbocycles. The number of aryl methyl sites for hydroxylation is 1. The highest BCUT2D eigenvalue weighted by Gasteiger charge is 2.10. The third-order valence-electron chi connectivity index (χ3n) is 3.02. The van der Waals surface area contributed by atoms with E-state index in [9.17, 15) is 0 Å². The van der Waals surface area contributed by atoms with Crippen molar-refractivity contribution in [1.82, 2.24) is 9.55 Å². The number of ether oxygens (including phenoxy) is 1. The predicted molar refractivity (Wildman–Crippen MR) is 76.0 cm³/mol. The highest BCUT2D eigenvalue weighted by Crippen LogP contribution is 2.20. The van der Waals surface area contributed by atoms with E-state index < -0.39 is 0 Å². The number of nitrogen functional groups attached to an aromatic ring is 1. The van der Waals surface area contributed by atoms with Crippen LogP contribution in [0.3, 0.4) is 0 Å². The van der Waals surface area contributed by atoms with Gasteiger partial charge in [0.1, 0.15) is 5.82 Å². The number of rotatable bonds is 7. The number of hydrogen-bond donors (Lipinski definition) is 2. The van der Waals surface area contributed by atoms with Crippen LogP contribution >= 0.6 is 0 Å². The molecule has 1 aromatic heterocycles. The first-order valence-corrected chi connectivity index (χ1v) is 6.69. The van der Waals surface area contributed by atoms with Crippen molar-refractivity contribution in [3.63, 3.8) is 0 Å². The lowest BCUT2D eigenvalue weighted by Gasteiger charge is -2.09. The number of nitrogens with zero attached hydrogens (tertiary/aromatic N) is 2. The lowest BCUT2D eigenvalue weighted by Crippen LogP contribution is -2.11. The zero-order valence-corrected chi connectivity index (χ0v) is 11.3. The molecule has 0 bridgehead atoms. The Hall–Kier alpha value is -1.59. The molecule has 0 aliphatic rings. The van der Waals surface area contributed by atoms with E-state index in [0.29, 0.717) is 13.2 Å². The highest BCUT2D eigenvalue weighted by molar-refractivity contribution is 5.79. The zero-order chi connectivity index (χ0) is 13.7. The Balaban J connectivity index is 2.24. The van der Waals surface area contributed by atoms with Gasteiger partial charge in [0.15, 0.2) is 0 Å². The molecule has 0 spiro atoms. The topological polar surface area (TPSA) is 73.3 Å². The molecule has 0 saturated heterocycles. The SMILES string of the molecule is CCCc1nc2cc(N)ccc2n1CCOCCO. The van der Waals surface area contributed by atoms with Crippen LogP contribution in [0, 0.1) is 0 Å². The summed E-state index contributed by atoms with van der Waals surface area (Å²) in [5, 5.41) is 8.71. The van der Waals surface area contributed by atoms with Crippen LogP contribution in [-0.2, 0) is 17.7 Å². The van der Waals surface area contributed by atoms with Crippen molar-refractivity contribution >= 4 is 16.7 Å². The molecule has 1 aromatic carbocycles. The van der Waals surface area contributed by atoms with E-state index >= 15 is 0 Å². The average Bonchev–Trinajstić information content (AvgIpc) is 2.72. The van der Waals surface area contributed by atoms with Crippen molar-refractivity contribution < 1.29 is 9.84 Å². The van der Waals surface area contributed by atoms with Gasteiger partial charge in [-0.15, -0.1) is 0 Å². The molecule has 0 fully saturated rings. The van der Waals surface area contributed by atoms with Crippen LogP contribution in [0.2, 0.25) is 0 Å². The fraction of sp³-hybridized carbons (Fsp3) is 0.500. The van der Waals surface area contributed by atoms with Crippen LogP contribution < -0.4 is 5.73 Å². The monoisotopic (exact) mass is 263 g/mol. The van der Waals surface area contributed by atoms with E-state index in [1.54, 1.807) is 0 Å². The van der Waals surface area contributed by atoms with Gasteiger partial charge in [0.05, 0.1) is 30.9 Å². The summed E-state index contributed by atoms with van der Waals surface area (Å²) < 4.78 is 7.51. The maximum atomic E-state index is 8.71. The number of aromatic nitrogens is 2. The number of hydrogen-bond acceptors (Lipinski definition) is 4. The lowest BCUT2D eigenvalue weighted by atomic mass is 10.3. The summed E-state index contributed by atoms with van der Waals surface area (Å²) in [7, 11) is 0. The third kappa shape index (κ3) is 3.24. The Bertz CT molecular complexity index is 537. The van der Waals surface area contributed by atoms with Gasteiger partial charge < -0.3 is 20.1 Å². The summed E-state index contributed by atoms with van der Waals surface area (Å²) in [4.78, 5) is 4.64. The normalized spacial score (nSPS) is 11.3. The number of anilines is 1. The average molecular weight is 263 g/mol. The maximum Gasteiger partial charge on any atom is 0.109 e. The smallest absolute Gasteiger partial charge is 0.109 e. The molecule has 0 unspecified atom stereocenters. The van der Waals surface area contributed by atoms with Gasteiger partial charge in [-0.25, -0.2) is 4.98 Å². The summed E-state index contributed by atoms with van der Waals surface area (Å²) >= 11 is 0. The predicted octanol–water partition coefficient (Wildman–Crippen LogP) is 1.58. The number of aliphatic hydroxyl groups is 1. The van der Waals surface area contributed by atoms with Gasteiger partial charge in [-0.2, -0.15) is 0 Å². The lowest BCUT2D eigenvalue weighted by molar-refractivity contribution is 0.0871. The molecule has 0 aliphatic heterocycles. The molecule has 0 atom stereocenters. The summed E-state index contributed by atoms with van der Waals surface area (Å²) in [6.07, 6.45) is 1.99. The molecule has 1 heterocycles. The van der Waals surface area contributed by atoms with E-state index in [4.69, 9.17) is 15.6 Å². The van der Waals surface area contributed by atoms with Crippen LogP contribution in [0.4, 0.5) is 5.69 Å². The van der Waals surface area contributed by atoms with Gasteiger partial charge in [0.2, 0.25) is 0 Å². The largest absolute Gasteiger partial charge is 0.399 e. The van der Waals surface area contributed by atoms with E-state index in [0.717, 1.165) is 41.9 Å². The van der Waals surface area contributed by atoms with Crippen LogP contribution in [0.5, 0.6) is 0 Å². The number of imidazole rings is 1. The van der Waals surface area contributed by atoms with Crippen molar-refractivity contribution in [2.75, 3.05) is 25.6 Å². The number of aliphatic hydroxyl groups excluding tert-OH is 1. The van der Waals surface area contributed by atoms with Crippen LogP contribution in [0.15, 0.2) is 18.2 Å². The van der Waals surface area contributed by atoms with E-state index in [-0.39, 0.29) is 6.61 Å². The van der Waals surface area contributed by atoms with Gasteiger partial charge in [-0.3, -0.25) is 0 Å². The first-order chi connectivity index (χ1) is 9.26. The molecule has 2 rings (SSSR count).